The molecule has 0 aliphatic heterocycles. The number of rotatable bonds is 7. The number of hydrogen-bond donors (Lipinski definition) is 1. The molecule has 0 atom stereocenters. The molecule has 0 bridgehead atoms. The van der Waals surface area contributed by atoms with Gasteiger partial charge in [-0.05, 0) is 49.9 Å². The maximum atomic E-state index is 12.7. The van der Waals surface area contributed by atoms with Gasteiger partial charge in [0.05, 0.1) is 7.11 Å². The van der Waals surface area contributed by atoms with E-state index >= 15 is 0 Å². The van der Waals surface area contributed by atoms with Crippen LogP contribution in [0.2, 0.25) is 0 Å². The number of aryl methyl sites for hydroxylation is 2. The van der Waals surface area contributed by atoms with Crippen LogP contribution in [0.1, 0.15) is 50.2 Å². The summed E-state index contributed by atoms with van der Waals surface area (Å²) in [6, 6.07) is 3.58. The van der Waals surface area contributed by atoms with E-state index in [1.165, 1.54) is 13.5 Å². The van der Waals surface area contributed by atoms with Crippen LogP contribution in [-0.2, 0) is 14.8 Å². The van der Waals surface area contributed by atoms with Crippen molar-refractivity contribution in [3.63, 3.8) is 0 Å². The van der Waals surface area contributed by atoms with Crippen molar-refractivity contribution in [2.75, 3.05) is 20.2 Å². The summed E-state index contributed by atoms with van der Waals surface area (Å²) >= 11 is 0. The summed E-state index contributed by atoms with van der Waals surface area (Å²) in [7, 11) is -2.25. The molecule has 0 aromatic heterocycles. The zero-order valence-corrected chi connectivity index (χ0v) is 17.0. The number of nitrogens with zero attached hydrogens (tertiary/aromatic N) is 1. The molecular weight excluding hydrogens is 352 g/mol. The van der Waals surface area contributed by atoms with E-state index in [2.05, 4.69) is 4.72 Å². The fourth-order valence-electron chi connectivity index (χ4n) is 3.50. The van der Waals surface area contributed by atoms with E-state index in [1.54, 1.807) is 24.0 Å². The Balaban J connectivity index is 2.07. The average Bonchev–Trinajstić information content (AvgIpc) is 2.61. The van der Waals surface area contributed by atoms with Gasteiger partial charge in [0.2, 0.25) is 15.9 Å². The third-order valence-electron chi connectivity index (χ3n) is 5.13. The maximum Gasteiger partial charge on any atom is 0.244 e. The number of carbonyl (C=O) groups excluding carboxylic acids is 1. The Kier molecular flexibility index (Phi) is 7.06. The Morgan fingerprint density at radius 1 is 1.19 bits per heavy atom. The van der Waals surface area contributed by atoms with Crippen LogP contribution >= 0.6 is 0 Å². The number of hydrogen-bond acceptors (Lipinski definition) is 4. The van der Waals surface area contributed by atoms with Gasteiger partial charge < -0.3 is 9.64 Å². The van der Waals surface area contributed by atoms with Gasteiger partial charge in [-0.25, -0.2) is 13.1 Å². The van der Waals surface area contributed by atoms with E-state index in [4.69, 9.17) is 4.74 Å². The van der Waals surface area contributed by atoms with Gasteiger partial charge in [-0.2, -0.15) is 0 Å². The minimum absolute atomic E-state index is 0.000131. The molecule has 1 fully saturated rings. The molecule has 1 aromatic carbocycles. The van der Waals surface area contributed by atoms with Crippen molar-refractivity contribution in [2.45, 2.75) is 63.8 Å². The van der Waals surface area contributed by atoms with E-state index in [0.29, 0.717) is 12.3 Å². The normalized spacial score (nSPS) is 15.7. The fourth-order valence-corrected chi connectivity index (χ4v) is 4.76. The van der Waals surface area contributed by atoms with Crippen LogP contribution in [0.3, 0.4) is 0 Å². The lowest BCUT2D eigenvalue weighted by atomic mass is 9.94. The van der Waals surface area contributed by atoms with Gasteiger partial charge in [-0.3, -0.25) is 4.79 Å². The number of nitrogens with one attached hydrogen (secondary N) is 1. The molecule has 0 saturated heterocycles. The number of sulfonamides is 1. The molecule has 0 unspecified atom stereocenters. The highest BCUT2D eigenvalue weighted by Gasteiger charge is 2.25. The average molecular weight is 383 g/mol. The van der Waals surface area contributed by atoms with E-state index < -0.39 is 10.0 Å². The van der Waals surface area contributed by atoms with Crippen LogP contribution in [0.5, 0.6) is 5.75 Å². The Labute approximate surface area is 157 Å². The molecule has 146 valence electrons. The van der Waals surface area contributed by atoms with Crippen molar-refractivity contribution in [3.05, 3.63) is 23.3 Å². The SMILES string of the molecule is COc1cc(C)c(C)cc1S(=O)(=O)NCCN(C(C)=O)C1CCCCC1. The summed E-state index contributed by atoms with van der Waals surface area (Å²) in [4.78, 5) is 13.9. The predicted octanol–water partition coefficient (Wildman–Crippen LogP) is 2.77. The number of methoxy groups -OCH3 is 1. The standard InChI is InChI=1S/C19H30N2O4S/c1-14-12-18(25-4)19(13-15(14)2)26(23,24)20-10-11-21(16(3)22)17-8-6-5-7-9-17/h12-13,17,20H,5-11H2,1-4H3. The molecule has 1 N–H and O–H groups in total. The van der Waals surface area contributed by atoms with Gasteiger partial charge in [0.25, 0.3) is 0 Å². The van der Waals surface area contributed by atoms with Gasteiger partial charge in [0, 0.05) is 26.1 Å². The second-order valence-electron chi connectivity index (χ2n) is 6.99. The summed E-state index contributed by atoms with van der Waals surface area (Å²) in [6.07, 6.45) is 5.45. The van der Waals surface area contributed by atoms with E-state index in [-0.39, 0.29) is 23.4 Å². The molecule has 6 nitrogen and oxygen atoms in total. The van der Waals surface area contributed by atoms with Crippen LogP contribution in [0.4, 0.5) is 0 Å². The van der Waals surface area contributed by atoms with Gasteiger partial charge in [0.1, 0.15) is 10.6 Å². The molecule has 0 spiro atoms. The van der Waals surface area contributed by atoms with Crippen molar-refractivity contribution < 1.29 is 17.9 Å². The second-order valence-corrected chi connectivity index (χ2v) is 8.72. The molecule has 1 saturated carbocycles. The molecule has 1 aliphatic carbocycles. The largest absolute Gasteiger partial charge is 0.495 e. The lowest BCUT2D eigenvalue weighted by Crippen LogP contribution is -2.44. The first kappa shape index (κ1) is 20.7. The first-order valence-electron chi connectivity index (χ1n) is 9.18. The predicted molar refractivity (Wildman–Crippen MR) is 102 cm³/mol. The van der Waals surface area contributed by atoms with Crippen molar-refractivity contribution in [2.24, 2.45) is 0 Å². The minimum Gasteiger partial charge on any atom is -0.495 e. The van der Waals surface area contributed by atoms with Gasteiger partial charge in [-0.1, -0.05) is 19.3 Å². The highest BCUT2D eigenvalue weighted by Crippen LogP contribution is 2.27. The van der Waals surface area contributed by atoms with Crippen LogP contribution in [0.25, 0.3) is 0 Å². The van der Waals surface area contributed by atoms with Gasteiger partial charge in [0.15, 0.2) is 0 Å². The van der Waals surface area contributed by atoms with Crippen LogP contribution in [0, 0.1) is 13.8 Å². The van der Waals surface area contributed by atoms with E-state index in [0.717, 1.165) is 36.8 Å². The third kappa shape index (κ3) is 4.98. The van der Waals surface area contributed by atoms with E-state index in [9.17, 15) is 13.2 Å². The minimum atomic E-state index is -3.71. The monoisotopic (exact) mass is 382 g/mol. The lowest BCUT2D eigenvalue weighted by molar-refractivity contribution is -0.131. The summed E-state index contributed by atoms with van der Waals surface area (Å²) in [6.45, 7) is 5.90. The van der Waals surface area contributed by atoms with Gasteiger partial charge in [-0.15, -0.1) is 0 Å². The van der Waals surface area contributed by atoms with Crippen molar-refractivity contribution >= 4 is 15.9 Å². The van der Waals surface area contributed by atoms with Crippen LogP contribution < -0.4 is 9.46 Å². The zero-order chi connectivity index (χ0) is 19.3. The summed E-state index contributed by atoms with van der Waals surface area (Å²) in [5.41, 5.74) is 1.86. The molecule has 26 heavy (non-hydrogen) atoms. The topological polar surface area (TPSA) is 75.7 Å². The quantitative estimate of drug-likeness (QED) is 0.787. The van der Waals surface area contributed by atoms with Crippen LogP contribution in [-0.4, -0.2) is 45.5 Å². The lowest BCUT2D eigenvalue weighted by Gasteiger charge is -2.33. The smallest absolute Gasteiger partial charge is 0.244 e. The second kappa shape index (κ2) is 8.86. The molecular formula is C19H30N2O4S. The Hall–Kier alpha value is -1.60. The van der Waals surface area contributed by atoms with Crippen molar-refractivity contribution in [3.8, 4) is 5.75 Å². The van der Waals surface area contributed by atoms with E-state index in [1.807, 2.05) is 13.8 Å². The molecule has 0 heterocycles. The molecule has 0 radical (unpaired) electrons. The van der Waals surface area contributed by atoms with Crippen LogP contribution in [0.15, 0.2) is 17.0 Å². The number of amides is 1. The summed E-state index contributed by atoms with van der Waals surface area (Å²) in [5, 5.41) is 0. The number of ether oxygens (including phenoxy) is 1. The summed E-state index contributed by atoms with van der Waals surface area (Å²) in [5.74, 6) is 0.330. The Morgan fingerprint density at radius 2 is 1.81 bits per heavy atom. The van der Waals surface area contributed by atoms with Gasteiger partial charge >= 0.3 is 0 Å². The first-order valence-corrected chi connectivity index (χ1v) is 10.7. The first-order chi connectivity index (χ1) is 12.3. The molecule has 7 heteroatoms. The fraction of sp³-hybridized carbons (Fsp3) is 0.632. The third-order valence-corrected chi connectivity index (χ3v) is 6.62. The maximum absolute atomic E-state index is 12.7. The molecule has 1 aliphatic rings. The molecule has 1 amide bonds. The number of carbonyl (C=O) groups is 1. The Morgan fingerprint density at radius 3 is 2.38 bits per heavy atom. The van der Waals surface area contributed by atoms with Crippen molar-refractivity contribution in [1.82, 2.24) is 9.62 Å². The molecule has 1 aromatic rings. The highest BCUT2D eigenvalue weighted by molar-refractivity contribution is 7.89. The number of benzene rings is 1. The summed E-state index contributed by atoms with van der Waals surface area (Å²) < 4.78 is 33.3. The molecule has 2 rings (SSSR count). The highest BCUT2D eigenvalue weighted by atomic mass is 32.2. The zero-order valence-electron chi connectivity index (χ0n) is 16.2. The van der Waals surface area contributed by atoms with Crippen molar-refractivity contribution in [1.29, 1.82) is 0 Å². The Bertz CT molecular complexity index is 740.